The lowest BCUT2D eigenvalue weighted by molar-refractivity contribution is 0.129. The van der Waals surface area contributed by atoms with E-state index < -0.39 is 0 Å². The minimum absolute atomic E-state index is 0.0337. The lowest BCUT2D eigenvalue weighted by atomic mass is 10.0. The SMILES string of the molecule is CC(N)C(c1cnn(C)c1)N(CCO)C1CC1. The maximum Gasteiger partial charge on any atom is 0.0558 e. The van der Waals surface area contributed by atoms with E-state index in [1.165, 1.54) is 12.8 Å². The molecule has 2 rings (SSSR count). The minimum Gasteiger partial charge on any atom is -0.395 e. The largest absolute Gasteiger partial charge is 0.395 e. The topological polar surface area (TPSA) is 67.3 Å². The van der Waals surface area contributed by atoms with E-state index in [1.54, 1.807) is 4.68 Å². The molecular formula is C12H22N4O. The zero-order valence-electron chi connectivity index (χ0n) is 10.6. The van der Waals surface area contributed by atoms with Crippen LogP contribution in [0.3, 0.4) is 0 Å². The van der Waals surface area contributed by atoms with Gasteiger partial charge in [0.15, 0.2) is 0 Å². The van der Waals surface area contributed by atoms with Crippen molar-refractivity contribution < 1.29 is 5.11 Å². The number of hydrogen-bond acceptors (Lipinski definition) is 4. The zero-order valence-corrected chi connectivity index (χ0v) is 10.6. The van der Waals surface area contributed by atoms with Crippen LogP contribution in [0.15, 0.2) is 12.4 Å². The van der Waals surface area contributed by atoms with Crippen LogP contribution < -0.4 is 5.73 Å². The fraction of sp³-hybridized carbons (Fsp3) is 0.750. The molecule has 0 aromatic carbocycles. The number of aliphatic hydroxyl groups excluding tert-OH is 1. The van der Waals surface area contributed by atoms with E-state index >= 15 is 0 Å². The summed E-state index contributed by atoms with van der Waals surface area (Å²) < 4.78 is 1.80. The molecule has 1 aliphatic carbocycles. The maximum absolute atomic E-state index is 9.19. The van der Waals surface area contributed by atoms with Crippen molar-refractivity contribution in [3.63, 3.8) is 0 Å². The van der Waals surface area contributed by atoms with Crippen LogP contribution in [0.4, 0.5) is 0 Å². The molecule has 3 N–H and O–H groups in total. The monoisotopic (exact) mass is 238 g/mol. The number of aliphatic hydroxyl groups is 1. The lowest BCUT2D eigenvalue weighted by Crippen LogP contribution is -2.42. The molecule has 2 atom stereocenters. The highest BCUT2D eigenvalue weighted by molar-refractivity contribution is 5.14. The third-order valence-corrected chi connectivity index (χ3v) is 3.30. The van der Waals surface area contributed by atoms with Gasteiger partial charge in [-0.2, -0.15) is 5.10 Å². The fourth-order valence-corrected chi connectivity index (χ4v) is 2.46. The quantitative estimate of drug-likeness (QED) is 0.746. The van der Waals surface area contributed by atoms with E-state index in [0.717, 1.165) is 5.56 Å². The molecule has 17 heavy (non-hydrogen) atoms. The van der Waals surface area contributed by atoms with Gasteiger partial charge in [0.2, 0.25) is 0 Å². The number of aryl methyl sites for hydroxylation is 1. The Bertz CT molecular complexity index is 359. The summed E-state index contributed by atoms with van der Waals surface area (Å²) in [6, 6.07) is 0.771. The second-order valence-electron chi connectivity index (χ2n) is 4.94. The molecule has 2 unspecified atom stereocenters. The Balaban J connectivity index is 2.20. The van der Waals surface area contributed by atoms with E-state index in [0.29, 0.717) is 12.6 Å². The van der Waals surface area contributed by atoms with Gasteiger partial charge < -0.3 is 10.8 Å². The Hall–Kier alpha value is -0.910. The van der Waals surface area contributed by atoms with Crippen molar-refractivity contribution in [1.82, 2.24) is 14.7 Å². The van der Waals surface area contributed by atoms with E-state index in [9.17, 15) is 5.11 Å². The number of nitrogens with two attached hydrogens (primary N) is 1. The van der Waals surface area contributed by atoms with Crippen molar-refractivity contribution in [3.05, 3.63) is 18.0 Å². The van der Waals surface area contributed by atoms with Gasteiger partial charge in [0, 0.05) is 37.4 Å². The summed E-state index contributed by atoms with van der Waals surface area (Å²) in [4.78, 5) is 2.32. The molecule has 5 heteroatoms. The van der Waals surface area contributed by atoms with Crippen LogP contribution in [0.5, 0.6) is 0 Å². The van der Waals surface area contributed by atoms with Crippen molar-refractivity contribution in [2.75, 3.05) is 13.2 Å². The first-order valence-corrected chi connectivity index (χ1v) is 6.24. The number of nitrogens with zero attached hydrogens (tertiary/aromatic N) is 3. The third-order valence-electron chi connectivity index (χ3n) is 3.30. The molecule has 5 nitrogen and oxygen atoms in total. The van der Waals surface area contributed by atoms with Crippen molar-refractivity contribution in [2.45, 2.75) is 37.9 Å². The second kappa shape index (κ2) is 5.16. The third kappa shape index (κ3) is 2.86. The van der Waals surface area contributed by atoms with Crippen LogP contribution in [0.25, 0.3) is 0 Å². The Kier molecular flexibility index (Phi) is 3.81. The van der Waals surface area contributed by atoms with Gasteiger partial charge in [-0.05, 0) is 19.8 Å². The summed E-state index contributed by atoms with van der Waals surface area (Å²) in [5.41, 5.74) is 7.26. The van der Waals surface area contributed by atoms with Crippen molar-refractivity contribution in [1.29, 1.82) is 0 Å². The molecule has 0 spiro atoms. The van der Waals surface area contributed by atoms with Crippen LogP contribution in [0.2, 0.25) is 0 Å². The van der Waals surface area contributed by atoms with Crippen LogP contribution in [0.1, 0.15) is 31.4 Å². The number of hydrogen-bond donors (Lipinski definition) is 2. The normalized spacial score (nSPS) is 19.6. The first kappa shape index (κ1) is 12.5. The average molecular weight is 238 g/mol. The molecule has 0 radical (unpaired) electrons. The molecule has 1 fully saturated rings. The van der Waals surface area contributed by atoms with Gasteiger partial charge in [0.25, 0.3) is 0 Å². The Morgan fingerprint density at radius 2 is 2.35 bits per heavy atom. The predicted octanol–water partition coefficient (Wildman–Crippen LogP) is 0.265. The maximum atomic E-state index is 9.19. The Morgan fingerprint density at radius 1 is 1.65 bits per heavy atom. The number of rotatable bonds is 6. The van der Waals surface area contributed by atoms with Crippen LogP contribution >= 0.6 is 0 Å². The molecule has 96 valence electrons. The fourth-order valence-electron chi connectivity index (χ4n) is 2.46. The molecule has 0 aliphatic heterocycles. The summed E-state index contributed by atoms with van der Waals surface area (Å²) in [7, 11) is 1.91. The summed E-state index contributed by atoms with van der Waals surface area (Å²) in [5, 5.41) is 13.4. The lowest BCUT2D eigenvalue weighted by Gasteiger charge is -2.33. The van der Waals surface area contributed by atoms with Crippen molar-refractivity contribution >= 4 is 0 Å². The second-order valence-corrected chi connectivity index (χ2v) is 4.94. The predicted molar refractivity (Wildman–Crippen MR) is 66.4 cm³/mol. The summed E-state index contributed by atoms with van der Waals surface area (Å²) in [6.45, 7) is 2.89. The van der Waals surface area contributed by atoms with Gasteiger partial charge in [-0.3, -0.25) is 9.58 Å². The summed E-state index contributed by atoms with van der Waals surface area (Å²) in [5.74, 6) is 0. The number of aromatic nitrogens is 2. The standard InChI is InChI=1S/C12H22N4O/c1-9(13)12(10-7-14-15(2)8-10)16(5-6-17)11-3-4-11/h7-9,11-12,17H,3-6,13H2,1-2H3. The minimum atomic E-state index is 0.0337. The van der Waals surface area contributed by atoms with Gasteiger partial charge in [-0.25, -0.2) is 0 Å². The van der Waals surface area contributed by atoms with Crippen molar-refractivity contribution in [2.24, 2.45) is 12.8 Å². The van der Waals surface area contributed by atoms with Gasteiger partial charge in [0.05, 0.1) is 18.8 Å². The zero-order chi connectivity index (χ0) is 12.4. The van der Waals surface area contributed by atoms with E-state index in [4.69, 9.17) is 5.73 Å². The van der Waals surface area contributed by atoms with Gasteiger partial charge >= 0.3 is 0 Å². The summed E-state index contributed by atoms with van der Waals surface area (Å²) >= 11 is 0. The van der Waals surface area contributed by atoms with Gasteiger partial charge in [0.1, 0.15) is 0 Å². The molecular weight excluding hydrogens is 216 g/mol. The molecule has 0 bridgehead atoms. The first-order valence-electron chi connectivity index (χ1n) is 6.24. The van der Waals surface area contributed by atoms with Gasteiger partial charge in [-0.15, -0.1) is 0 Å². The highest BCUT2D eigenvalue weighted by atomic mass is 16.3. The van der Waals surface area contributed by atoms with Gasteiger partial charge in [-0.1, -0.05) is 0 Å². The molecule has 1 aromatic rings. The summed E-state index contributed by atoms with van der Waals surface area (Å²) in [6.07, 6.45) is 6.31. The highest BCUT2D eigenvalue weighted by Crippen LogP contribution is 2.35. The van der Waals surface area contributed by atoms with Crippen LogP contribution in [-0.4, -0.2) is 45.0 Å². The molecule has 1 saturated carbocycles. The molecule has 1 aliphatic rings. The molecule has 1 heterocycles. The Labute approximate surface area is 102 Å². The molecule has 0 amide bonds. The van der Waals surface area contributed by atoms with E-state index in [-0.39, 0.29) is 18.7 Å². The molecule has 0 saturated heterocycles. The Morgan fingerprint density at radius 3 is 2.76 bits per heavy atom. The van der Waals surface area contributed by atoms with Crippen LogP contribution in [0, 0.1) is 0 Å². The van der Waals surface area contributed by atoms with E-state index in [1.807, 2.05) is 26.4 Å². The molecule has 1 aromatic heterocycles. The highest BCUT2D eigenvalue weighted by Gasteiger charge is 2.36. The first-order chi connectivity index (χ1) is 8.13. The van der Waals surface area contributed by atoms with Crippen LogP contribution in [-0.2, 0) is 7.05 Å². The smallest absolute Gasteiger partial charge is 0.0558 e. The average Bonchev–Trinajstić information content (AvgIpc) is 3.02. The van der Waals surface area contributed by atoms with E-state index in [2.05, 4.69) is 10.00 Å². The van der Waals surface area contributed by atoms with Crippen molar-refractivity contribution in [3.8, 4) is 0 Å².